The number of nitrogens with one attached hydrogen (secondary N) is 3. The Balaban J connectivity index is 0.962. The molecule has 5 heterocycles. The first-order valence-electron chi connectivity index (χ1n) is 22.6. The van der Waals surface area contributed by atoms with E-state index < -0.39 is 12.1 Å². The van der Waals surface area contributed by atoms with E-state index in [1.807, 2.05) is 36.0 Å². The maximum atomic E-state index is 13.7. The summed E-state index contributed by atoms with van der Waals surface area (Å²) in [6, 6.07) is 29.7. The predicted octanol–water partition coefficient (Wildman–Crippen LogP) is 10.2. The molecule has 6 aromatic rings. The molecule has 3 amide bonds. The number of aromatic nitrogens is 5. The normalized spacial score (nSPS) is 18.1. The summed E-state index contributed by atoms with van der Waals surface area (Å²) in [4.78, 5) is 59.2. The molecule has 3 aromatic heterocycles. The van der Waals surface area contributed by atoms with Crippen molar-refractivity contribution in [3.05, 3.63) is 115 Å². The molecule has 0 spiro atoms. The highest BCUT2D eigenvalue weighted by Crippen LogP contribution is 2.41. The monoisotopic (exact) mass is 846 g/mol. The van der Waals surface area contributed by atoms with Crippen molar-refractivity contribution in [2.75, 3.05) is 20.2 Å². The summed E-state index contributed by atoms with van der Waals surface area (Å²) in [5, 5.41) is 2.73. The van der Waals surface area contributed by atoms with Gasteiger partial charge in [-0.15, -0.1) is 0 Å². The number of rotatable bonds is 13. The minimum atomic E-state index is -0.687. The molecule has 3 fully saturated rings. The van der Waals surface area contributed by atoms with Crippen LogP contribution in [-0.4, -0.2) is 78.5 Å². The van der Waals surface area contributed by atoms with Gasteiger partial charge in [0.25, 0.3) is 0 Å². The van der Waals surface area contributed by atoms with Crippen LogP contribution in [0.5, 0.6) is 0 Å². The Morgan fingerprint density at radius 1 is 0.683 bits per heavy atom. The van der Waals surface area contributed by atoms with Gasteiger partial charge in [-0.2, -0.15) is 0 Å². The van der Waals surface area contributed by atoms with E-state index >= 15 is 0 Å². The van der Waals surface area contributed by atoms with Crippen molar-refractivity contribution < 1.29 is 19.1 Å². The molecule has 3 N–H and O–H groups in total. The smallest absolute Gasteiger partial charge is 0.407 e. The summed E-state index contributed by atoms with van der Waals surface area (Å²) < 4.78 is 7.15. The SMILES string of the molecule is COC(=O)N[C@H](C(=O)N1CCC[C@H]1c1ncc(-c2ccc(-c3ccc(-c4ccc(-c5cnc([C@@H]6CCCN6C(=O)CC(C)C)[nH]5)cc4)n3-c3ccc(C4CC4)cc3)cc2)[nH]1)C(C)C. The fourth-order valence-corrected chi connectivity index (χ4v) is 9.43. The highest BCUT2D eigenvalue weighted by atomic mass is 16.5. The number of likely N-dealkylation sites (tertiary alicyclic amines) is 2. The molecule has 1 saturated carbocycles. The molecule has 3 atom stereocenters. The lowest BCUT2D eigenvalue weighted by Gasteiger charge is -2.30. The quantitative estimate of drug-likeness (QED) is 0.106. The Kier molecular flexibility index (Phi) is 11.8. The zero-order valence-corrected chi connectivity index (χ0v) is 36.9. The third kappa shape index (κ3) is 8.68. The van der Waals surface area contributed by atoms with E-state index in [1.54, 1.807) is 0 Å². The van der Waals surface area contributed by atoms with Crippen LogP contribution in [0.3, 0.4) is 0 Å². The topological polar surface area (TPSA) is 141 Å². The number of carbonyl (C=O) groups excluding carboxylic acids is 3. The van der Waals surface area contributed by atoms with Gasteiger partial charge in [0.15, 0.2) is 0 Å². The Hall–Kier alpha value is -6.43. The summed E-state index contributed by atoms with van der Waals surface area (Å²) in [5.74, 6) is 2.56. The van der Waals surface area contributed by atoms with Gasteiger partial charge in [0, 0.05) is 25.2 Å². The first-order chi connectivity index (χ1) is 30.6. The van der Waals surface area contributed by atoms with Gasteiger partial charge in [0.1, 0.15) is 17.7 Å². The lowest BCUT2D eigenvalue weighted by atomic mass is 10.0. The molecular weight excluding hydrogens is 789 g/mol. The average molecular weight is 847 g/mol. The zero-order chi connectivity index (χ0) is 43.8. The summed E-state index contributed by atoms with van der Waals surface area (Å²) in [6.45, 7) is 9.40. The Labute approximate surface area is 369 Å². The molecule has 0 bridgehead atoms. The third-order valence-corrected chi connectivity index (χ3v) is 13.0. The van der Waals surface area contributed by atoms with Crippen molar-refractivity contribution >= 4 is 17.9 Å². The Morgan fingerprint density at radius 3 is 1.68 bits per heavy atom. The fraction of sp³-hybridized carbons (Fsp3) is 0.392. The van der Waals surface area contributed by atoms with E-state index in [0.717, 1.165) is 94.6 Å². The van der Waals surface area contributed by atoms with Crippen LogP contribution in [0.2, 0.25) is 0 Å². The summed E-state index contributed by atoms with van der Waals surface area (Å²) >= 11 is 0. The van der Waals surface area contributed by atoms with Crippen LogP contribution in [-0.2, 0) is 14.3 Å². The number of hydrogen-bond donors (Lipinski definition) is 3. The van der Waals surface area contributed by atoms with Crippen LogP contribution in [0.25, 0.3) is 50.7 Å². The first-order valence-corrected chi connectivity index (χ1v) is 22.6. The van der Waals surface area contributed by atoms with E-state index in [2.05, 4.69) is 119 Å². The number of amides is 3. The predicted molar refractivity (Wildman–Crippen MR) is 245 cm³/mol. The van der Waals surface area contributed by atoms with Crippen molar-refractivity contribution in [2.24, 2.45) is 11.8 Å². The van der Waals surface area contributed by atoms with Gasteiger partial charge < -0.3 is 34.4 Å². The van der Waals surface area contributed by atoms with Crippen molar-refractivity contribution in [2.45, 2.75) is 96.7 Å². The highest BCUT2D eigenvalue weighted by molar-refractivity contribution is 5.86. The maximum Gasteiger partial charge on any atom is 0.407 e. The lowest BCUT2D eigenvalue weighted by Crippen LogP contribution is -2.51. The van der Waals surface area contributed by atoms with Crippen molar-refractivity contribution in [1.29, 1.82) is 0 Å². The minimum absolute atomic E-state index is 0.00898. The number of imidazole rings is 2. The van der Waals surface area contributed by atoms with E-state index in [4.69, 9.17) is 14.7 Å². The zero-order valence-electron chi connectivity index (χ0n) is 36.9. The van der Waals surface area contributed by atoms with Gasteiger partial charge in [0.2, 0.25) is 11.8 Å². The van der Waals surface area contributed by atoms with Gasteiger partial charge in [-0.3, -0.25) is 9.59 Å². The molecule has 3 aliphatic rings. The number of benzene rings is 3. The van der Waals surface area contributed by atoms with Crippen LogP contribution in [0, 0.1) is 11.8 Å². The van der Waals surface area contributed by atoms with Gasteiger partial charge in [0.05, 0.1) is 54.4 Å². The van der Waals surface area contributed by atoms with Crippen molar-refractivity contribution in [3.63, 3.8) is 0 Å². The molecule has 326 valence electrons. The Morgan fingerprint density at radius 2 is 1.19 bits per heavy atom. The number of nitrogens with zero attached hydrogens (tertiary/aromatic N) is 5. The molecule has 12 nitrogen and oxygen atoms in total. The number of H-pyrrole nitrogens is 2. The van der Waals surface area contributed by atoms with Gasteiger partial charge in [-0.25, -0.2) is 14.8 Å². The second-order valence-electron chi connectivity index (χ2n) is 18.2. The Bertz CT molecular complexity index is 2560. The van der Waals surface area contributed by atoms with Gasteiger partial charge in [-0.05, 0) is 108 Å². The molecule has 1 aliphatic carbocycles. The van der Waals surface area contributed by atoms with Crippen LogP contribution in [0.4, 0.5) is 4.79 Å². The lowest BCUT2D eigenvalue weighted by molar-refractivity contribution is -0.135. The van der Waals surface area contributed by atoms with E-state index in [0.29, 0.717) is 24.8 Å². The van der Waals surface area contributed by atoms with Crippen LogP contribution >= 0.6 is 0 Å². The molecule has 2 saturated heterocycles. The number of carbonyl (C=O) groups is 3. The van der Waals surface area contributed by atoms with E-state index in [1.165, 1.54) is 25.5 Å². The number of hydrogen-bond acceptors (Lipinski definition) is 6. The largest absolute Gasteiger partial charge is 0.453 e. The van der Waals surface area contributed by atoms with Crippen molar-refractivity contribution in [3.8, 4) is 50.7 Å². The molecule has 2 aliphatic heterocycles. The second-order valence-corrected chi connectivity index (χ2v) is 18.2. The summed E-state index contributed by atoms with van der Waals surface area (Å²) in [5.41, 5.74) is 10.7. The van der Waals surface area contributed by atoms with Gasteiger partial charge in [-0.1, -0.05) is 88.4 Å². The molecule has 12 heteroatoms. The van der Waals surface area contributed by atoms with Gasteiger partial charge >= 0.3 is 6.09 Å². The van der Waals surface area contributed by atoms with Crippen LogP contribution in [0.1, 0.15) is 108 Å². The minimum Gasteiger partial charge on any atom is -0.453 e. The van der Waals surface area contributed by atoms with Crippen LogP contribution < -0.4 is 5.32 Å². The number of methoxy groups -OCH3 is 1. The third-order valence-electron chi connectivity index (χ3n) is 13.0. The van der Waals surface area contributed by atoms with E-state index in [-0.39, 0.29) is 29.8 Å². The standard InChI is InChI=1S/C51H58N8O4/c1-31(2)28-46(60)57-26-6-8-44(57)48-52-29-40(54-48)35-12-16-37(17-13-35)42-24-25-43(59(42)39-22-20-34(21-23-39)33-10-11-33)38-18-14-36(15-19-38)41-30-53-49(55-41)45-9-7-27-58(45)50(61)47(32(3)4)56-51(62)63-5/h12-25,29-33,44-45,47H,6-11,26-28H2,1-5H3,(H,52,54)(H,53,55)(H,56,62)/t44-,45-,47-/m0/s1. The highest BCUT2D eigenvalue weighted by Gasteiger charge is 2.38. The van der Waals surface area contributed by atoms with Crippen molar-refractivity contribution in [1.82, 2.24) is 39.6 Å². The number of alkyl carbamates (subject to hydrolysis) is 1. The molecular formula is C51H58N8O4. The molecule has 0 radical (unpaired) electrons. The number of ether oxygens (including phenoxy) is 1. The van der Waals surface area contributed by atoms with Crippen LogP contribution in [0.15, 0.2) is 97.3 Å². The summed E-state index contributed by atoms with van der Waals surface area (Å²) in [7, 11) is 1.30. The molecule has 9 rings (SSSR count). The first kappa shape index (κ1) is 41.9. The second kappa shape index (κ2) is 17.7. The average Bonchev–Trinajstić information content (AvgIpc) is 3.90. The fourth-order valence-electron chi connectivity index (χ4n) is 9.43. The summed E-state index contributed by atoms with van der Waals surface area (Å²) in [6.07, 6.45) is 9.74. The van der Waals surface area contributed by atoms with E-state index in [9.17, 15) is 14.4 Å². The maximum absolute atomic E-state index is 13.7. The number of aromatic amines is 2. The molecule has 63 heavy (non-hydrogen) atoms. The molecule has 3 aromatic carbocycles. The molecule has 0 unspecified atom stereocenters.